The highest BCUT2D eigenvalue weighted by atomic mass is 16.5. The highest BCUT2D eigenvalue weighted by Crippen LogP contribution is 2.32. The van der Waals surface area contributed by atoms with Crippen LogP contribution >= 0.6 is 0 Å². The van der Waals surface area contributed by atoms with E-state index in [4.69, 9.17) is 4.74 Å². The second-order valence-corrected chi connectivity index (χ2v) is 7.80. The van der Waals surface area contributed by atoms with Crippen molar-refractivity contribution < 1.29 is 9.53 Å². The van der Waals surface area contributed by atoms with Crippen LogP contribution in [-0.2, 0) is 16.1 Å². The van der Waals surface area contributed by atoms with Crippen molar-refractivity contribution >= 4 is 44.4 Å². The predicted molar refractivity (Wildman–Crippen MR) is 123 cm³/mol. The lowest BCUT2D eigenvalue weighted by atomic mass is 9.97. The Hall–Kier alpha value is -4.26. The highest BCUT2D eigenvalue weighted by molar-refractivity contribution is 6.18. The van der Waals surface area contributed by atoms with Gasteiger partial charge in [0, 0.05) is 6.92 Å². The van der Waals surface area contributed by atoms with E-state index >= 15 is 0 Å². The lowest BCUT2D eigenvalue weighted by Gasteiger charge is -2.19. The molecule has 0 N–H and O–H groups in total. The van der Waals surface area contributed by atoms with Crippen molar-refractivity contribution in [2.75, 3.05) is 0 Å². The molecule has 0 bridgehead atoms. The number of hydrogen-bond donors (Lipinski definition) is 0. The maximum Gasteiger partial charge on any atom is 0.243 e. The molecule has 0 fully saturated rings. The normalized spacial score (nSPS) is 16.0. The molecule has 1 atom stereocenters. The van der Waals surface area contributed by atoms with Gasteiger partial charge in [0.15, 0.2) is 0 Å². The highest BCUT2D eigenvalue weighted by Gasteiger charge is 2.34. The number of hydrogen-bond acceptors (Lipinski definition) is 5. The first-order chi connectivity index (χ1) is 15.7. The Morgan fingerprint density at radius 3 is 2.31 bits per heavy atom. The van der Waals surface area contributed by atoms with Crippen LogP contribution in [0.1, 0.15) is 12.5 Å². The van der Waals surface area contributed by atoms with Crippen molar-refractivity contribution in [1.29, 1.82) is 0 Å². The summed E-state index contributed by atoms with van der Waals surface area (Å²) in [5.41, 5.74) is 2.56. The third kappa shape index (κ3) is 2.90. The van der Waals surface area contributed by atoms with Gasteiger partial charge in [-0.05, 0) is 39.7 Å². The van der Waals surface area contributed by atoms with Crippen molar-refractivity contribution in [3.05, 3.63) is 84.4 Å². The zero-order valence-corrected chi connectivity index (χ0v) is 17.3. The van der Waals surface area contributed by atoms with Crippen molar-refractivity contribution in [3.63, 3.8) is 0 Å². The molecule has 5 aromatic rings. The number of hydrazone groups is 1. The Bertz CT molecular complexity index is 1480. The maximum atomic E-state index is 12.4. The summed E-state index contributed by atoms with van der Waals surface area (Å²) in [7, 11) is 0. The fourth-order valence-electron chi connectivity index (χ4n) is 4.31. The minimum Gasteiger partial charge on any atom is -0.448 e. The summed E-state index contributed by atoms with van der Waals surface area (Å²) in [6.45, 7) is 1.80. The number of nitrogens with zero attached hydrogens (tertiary/aromatic N) is 5. The monoisotopic (exact) mass is 421 g/mol. The molecular weight excluding hydrogens is 402 g/mol. The lowest BCUT2D eigenvalue weighted by molar-refractivity contribution is -0.135. The van der Waals surface area contributed by atoms with E-state index in [-0.39, 0.29) is 5.91 Å². The third-order valence-corrected chi connectivity index (χ3v) is 5.78. The summed E-state index contributed by atoms with van der Waals surface area (Å²) in [6, 6.07) is 26.1. The molecule has 156 valence electrons. The lowest BCUT2D eigenvalue weighted by Crippen LogP contribution is -2.35. The van der Waals surface area contributed by atoms with Crippen LogP contribution in [0.2, 0.25) is 0 Å². The number of benzene rings is 4. The largest absolute Gasteiger partial charge is 0.448 e. The second kappa shape index (κ2) is 7.16. The minimum absolute atomic E-state index is 0.195. The van der Waals surface area contributed by atoms with Gasteiger partial charge in [0.25, 0.3) is 0 Å². The van der Waals surface area contributed by atoms with E-state index in [0.717, 1.165) is 38.1 Å². The summed E-state index contributed by atoms with van der Waals surface area (Å²) in [5, 5.41) is 18.7. The topological polar surface area (TPSA) is 72.6 Å². The first kappa shape index (κ1) is 18.5. The predicted octanol–water partition coefficient (Wildman–Crippen LogP) is 4.30. The molecule has 2 heterocycles. The van der Waals surface area contributed by atoms with Gasteiger partial charge in [-0.25, -0.2) is 4.68 Å². The molecule has 1 aliphatic rings. The van der Waals surface area contributed by atoms with E-state index in [1.54, 1.807) is 4.68 Å². The standard InChI is InChI=1S/C25H19N5O2/c1-16(31)30-23(15-29-22-13-7-6-12-21(22)26-28-29)32-25(27-30)24-19-10-4-2-8-17(19)14-18-9-3-5-11-20(18)24/h2-14,23H,15H2,1H3/t23-/m1/s1. The van der Waals surface area contributed by atoms with Gasteiger partial charge in [0.1, 0.15) is 12.1 Å². The number of ether oxygens (including phenoxy) is 1. The van der Waals surface area contributed by atoms with Crippen LogP contribution in [0.15, 0.2) is 84.0 Å². The molecule has 7 heteroatoms. The Balaban J connectivity index is 1.46. The molecule has 0 aliphatic carbocycles. The summed E-state index contributed by atoms with van der Waals surface area (Å²) in [6.07, 6.45) is -0.620. The number of amides is 1. The van der Waals surface area contributed by atoms with Crippen LogP contribution in [0.4, 0.5) is 0 Å². The van der Waals surface area contributed by atoms with Crippen molar-refractivity contribution in [2.45, 2.75) is 19.7 Å². The van der Waals surface area contributed by atoms with E-state index in [2.05, 4.69) is 45.7 Å². The van der Waals surface area contributed by atoms with Gasteiger partial charge in [-0.2, -0.15) is 5.01 Å². The molecule has 0 saturated carbocycles. The summed E-state index contributed by atoms with van der Waals surface area (Å²) in [5.74, 6) is 0.238. The quantitative estimate of drug-likeness (QED) is 0.407. The number of para-hydroxylation sites is 1. The molecule has 32 heavy (non-hydrogen) atoms. The Morgan fingerprint density at radius 2 is 1.59 bits per heavy atom. The Kier molecular flexibility index (Phi) is 4.14. The molecule has 0 spiro atoms. The summed E-state index contributed by atoms with van der Waals surface area (Å²) < 4.78 is 8.07. The average molecular weight is 421 g/mol. The van der Waals surface area contributed by atoms with Gasteiger partial charge in [0.05, 0.1) is 11.1 Å². The number of aromatic nitrogens is 3. The number of fused-ring (bicyclic) bond motifs is 3. The maximum absolute atomic E-state index is 12.4. The van der Waals surface area contributed by atoms with Gasteiger partial charge in [-0.3, -0.25) is 4.79 Å². The molecular formula is C25H19N5O2. The molecule has 0 radical (unpaired) electrons. The van der Waals surface area contributed by atoms with Crippen LogP contribution in [-0.4, -0.2) is 38.0 Å². The van der Waals surface area contributed by atoms with Crippen LogP contribution in [0.3, 0.4) is 0 Å². The van der Waals surface area contributed by atoms with E-state index < -0.39 is 6.23 Å². The van der Waals surface area contributed by atoms with Crippen LogP contribution < -0.4 is 0 Å². The minimum atomic E-state index is -0.620. The zero-order valence-electron chi connectivity index (χ0n) is 17.3. The van der Waals surface area contributed by atoms with Crippen molar-refractivity contribution in [1.82, 2.24) is 20.0 Å². The van der Waals surface area contributed by atoms with Crippen LogP contribution in [0.25, 0.3) is 32.6 Å². The fraction of sp³-hybridized carbons (Fsp3) is 0.120. The molecule has 1 aromatic heterocycles. The van der Waals surface area contributed by atoms with E-state index in [1.165, 1.54) is 11.9 Å². The zero-order chi connectivity index (χ0) is 21.7. The number of carbonyl (C=O) groups excluding carboxylic acids is 1. The summed E-state index contributed by atoms with van der Waals surface area (Å²) >= 11 is 0. The van der Waals surface area contributed by atoms with Crippen molar-refractivity contribution in [3.8, 4) is 0 Å². The molecule has 0 unspecified atom stereocenters. The van der Waals surface area contributed by atoms with Crippen LogP contribution in [0.5, 0.6) is 0 Å². The van der Waals surface area contributed by atoms with Crippen molar-refractivity contribution in [2.24, 2.45) is 5.10 Å². The second-order valence-electron chi connectivity index (χ2n) is 7.80. The van der Waals surface area contributed by atoms with E-state index in [1.807, 2.05) is 48.5 Å². The molecule has 1 amide bonds. The molecule has 6 rings (SSSR count). The molecule has 4 aromatic carbocycles. The number of rotatable bonds is 3. The van der Waals surface area contributed by atoms with Gasteiger partial charge < -0.3 is 4.74 Å². The first-order valence-electron chi connectivity index (χ1n) is 10.4. The first-order valence-corrected chi connectivity index (χ1v) is 10.4. The smallest absolute Gasteiger partial charge is 0.243 e. The molecule has 1 aliphatic heterocycles. The number of carbonyl (C=O) groups is 1. The van der Waals surface area contributed by atoms with Gasteiger partial charge >= 0.3 is 0 Å². The van der Waals surface area contributed by atoms with Gasteiger partial charge in [0.2, 0.25) is 18.0 Å². The van der Waals surface area contributed by atoms with Crippen LogP contribution in [0, 0.1) is 0 Å². The SMILES string of the molecule is CC(=O)N1N=C(c2c3ccccc3cc3ccccc23)O[C@@H]1Cn1nnc2ccccc21. The van der Waals surface area contributed by atoms with E-state index in [0.29, 0.717) is 12.4 Å². The van der Waals surface area contributed by atoms with Gasteiger partial charge in [-0.15, -0.1) is 10.2 Å². The third-order valence-electron chi connectivity index (χ3n) is 5.78. The van der Waals surface area contributed by atoms with E-state index in [9.17, 15) is 4.79 Å². The fourth-order valence-corrected chi connectivity index (χ4v) is 4.31. The average Bonchev–Trinajstić information content (AvgIpc) is 3.42. The molecule has 0 saturated heterocycles. The Labute approximate surface area is 183 Å². The summed E-state index contributed by atoms with van der Waals surface area (Å²) in [4.78, 5) is 12.4. The Morgan fingerprint density at radius 1 is 0.938 bits per heavy atom. The van der Waals surface area contributed by atoms with Gasteiger partial charge in [-0.1, -0.05) is 65.9 Å². The molecule has 7 nitrogen and oxygen atoms in total.